The highest BCUT2D eigenvalue weighted by molar-refractivity contribution is 5.81. The van der Waals surface area contributed by atoms with Crippen molar-refractivity contribution in [2.45, 2.75) is 45.1 Å². The van der Waals surface area contributed by atoms with Crippen molar-refractivity contribution < 1.29 is 4.79 Å². The molecule has 5 nitrogen and oxygen atoms in total. The van der Waals surface area contributed by atoms with Gasteiger partial charge in [0.2, 0.25) is 5.91 Å². The fourth-order valence-corrected chi connectivity index (χ4v) is 3.67. The van der Waals surface area contributed by atoms with Crippen LogP contribution in [0.25, 0.3) is 0 Å². The van der Waals surface area contributed by atoms with Crippen molar-refractivity contribution in [1.82, 2.24) is 15.2 Å². The number of allylic oxidation sites excluding steroid dienone is 1. The summed E-state index contributed by atoms with van der Waals surface area (Å²) in [5.74, 6) is 1.18. The zero-order chi connectivity index (χ0) is 17.5. The molecule has 2 aliphatic rings. The Kier molecular flexibility index (Phi) is 6.45. The number of rotatable bonds is 6. The highest BCUT2D eigenvalue weighted by atomic mass is 16.2. The predicted octanol–water partition coefficient (Wildman–Crippen LogP) is 2.60. The van der Waals surface area contributed by atoms with Crippen LogP contribution in [0.1, 0.15) is 39.0 Å². The summed E-state index contributed by atoms with van der Waals surface area (Å²) in [6.45, 7) is 6.42. The molecule has 3 rings (SSSR count). The Bertz CT molecular complexity index is 579. The minimum absolute atomic E-state index is 0.0637. The van der Waals surface area contributed by atoms with Gasteiger partial charge >= 0.3 is 0 Å². The fraction of sp³-hybridized carbons (Fsp3) is 0.600. The first-order chi connectivity index (χ1) is 12.2. The molecule has 1 aromatic rings. The molecule has 2 heterocycles. The molecule has 1 aliphatic carbocycles. The summed E-state index contributed by atoms with van der Waals surface area (Å²) >= 11 is 0. The van der Waals surface area contributed by atoms with E-state index in [2.05, 4.69) is 26.2 Å². The van der Waals surface area contributed by atoms with E-state index in [9.17, 15) is 4.79 Å². The van der Waals surface area contributed by atoms with Crippen LogP contribution in [-0.2, 0) is 4.79 Å². The van der Waals surface area contributed by atoms with Gasteiger partial charge in [-0.15, -0.1) is 0 Å². The van der Waals surface area contributed by atoms with Crippen LogP contribution < -0.4 is 10.2 Å². The minimum atomic E-state index is -0.0637. The van der Waals surface area contributed by atoms with Gasteiger partial charge in [-0.05, 0) is 51.2 Å². The molecule has 1 atom stereocenters. The van der Waals surface area contributed by atoms with Gasteiger partial charge in [-0.25, -0.2) is 4.98 Å². The van der Waals surface area contributed by atoms with Gasteiger partial charge in [-0.1, -0.05) is 17.7 Å². The van der Waals surface area contributed by atoms with Gasteiger partial charge in [0.1, 0.15) is 5.82 Å². The summed E-state index contributed by atoms with van der Waals surface area (Å²) in [5, 5.41) is 3.12. The van der Waals surface area contributed by atoms with E-state index < -0.39 is 0 Å². The molecule has 0 spiro atoms. The Labute approximate surface area is 151 Å². The number of nitrogens with zero attached hydrogens (tertiary/aromatic N) is 3. The van der Waals surface area contributed by atoms with Crippen LogP contribution in [0.3, 0.4) is 0 Å². The van der Waals surface area contributed by atoms with Crippen molar-refractivity contribution in [1.29, 1.82) is 0 Å². The Balaban J connectivity index is 1.40. The van der Waals surface area contributed by atoms with Crippen molar-refractivity contribution >= 4 is 11.7 Å². The molecule has 1 fully saturated rings. The first kappa shape index (κ1) is 17.9. The summed E-state index contributed by atoms with van der Waals surface area (Å²) < 4.78 is 0. The average molecular weight is 342 g/mol. The summed E-state index contributed by atoms with van der Waals surface area (Å²) in [5.41, 5.74) is 1.52. The number of aromatic nitrogens is 1. The van der Waals surface area contributed by atoms with Crippen molar-refractivity contribution in [3.05, 3.63) is 36.0 Å². The zero-order valence-corrected chi connectivity index (χ0v) is 15.3. The van der Waals surface area contributed by atoms with Crippen LogP contribution in [-0.4, -0.2) is 54.6 Å². The fourth-order valence-electron chi connectivity index (χ4n) is 3.67. The van der Waals surface area contributed by atoms with Crippen LogP contribution in [0.4, 0.5) is 5.82 Å². The van der Waals surface area contributed by atoms with Gasteiger partial charge in [0, 0.05) is 38.9 Å². The van der Waals surface area contributed by atoms with Crippen LogP contribution >= 0.6 is 0 Å². The van der Waals surface area contributed by atoms with Gasteiger partial charge in [-0.3, -0.25) is 9.69 Å². The van der Waals surface area contributed by atoms with Crippen LogP contribution in [0.15, 0.2) is 36.0 Å². The van der Waals surface area contributed by atoms with E-state index >= 15 is 0 Å². The Morgan fingerprint density at radius 3 is 2.76 bits per heavy atom. The molecule has 1 aliphatic heterocycles. The smallest absolute Gasteiger partial charge is 0.237 e. The minimum Gasteiger partial charge on any atom is -0.354 e. The van der Waals surface area contributed by atoms with Crippen molar-refractivity contribution in [3.63, 3.8) is 0 Å². The molecular formula is C20H30N4O. The lowest BCUT2D eigenvalue weighted by Gasteiger charge is -2.38. The third-order valence-electron chi connectivity index (χ3n) is 5.35. The van der Waals surface area contributed by atoms with Gasteiger partial charge in [-0.2, -0.15) is 0 Å². The Morgan fingerprint density at radius 1 is 1.24 bits per heavy atom. The lowest BCUT2D eigenvalue weighted by atomic mass is 9.97. The van der Waals surface area contributed by atoms with Crippen LogP contribution in [0.5, 0.6) is 0 Å². The number of carbonyl (C=O) groups excluding carboxylic acids is 1. The maximum atomic E-state index is 12.4. The van der Waals surface area contributed by atoms with Crippen molar-refractivity contribution in [2.24, 2.45) is 0 Å². The van der Waals surface area contributed by atoms with E-state index in [1.54, 1.807) is 0 Å². The maximum absolute atomic E-state index is 12.4. The third-order valence-corrected chi connectivity index (χ3v) is 5.35. The summed E-state index contributed by atoms with van der Waals surface area (Å²) in [7, 11) is 0. The largest absolute Gasteiger partial charge is 0.354 e. The number of pyridine rings is 1. The Hall–Kier alpha value is -1.88. The molecule has 136 valence electrons. The third kappa shape index (κ3) is 5.05. The average Bonchev–Trinajstić information content (AvgIpc) is 2.69. The number of hydrogen-bond donors (Lipinski definition) is 1. The van der Waals surface area contributed by atoms with E-state index in [-0.39, 0.29) is 11.9 Å². The standard InChI is InChI=1S/C20H30N4O/c1-17(20(25)22-12-10-18-7-3-2-4-8-18)23-13-15-24(16-14-23)19-9-5-6-11-21-19/h5-7,9,11,17H,2-4,8,10,12-16H2,1H3,(H,22,25)/t17-/m1/s1. The maximum Gasteiger partial charge on any atom is 0.237 e. The number of nitrogens with one attached hydrogen (secondary N) is 1. The van der Waals surface area contributed by atoms with Gasteiger partial charge in [0.25, 0.3) is 0 Å². The van der Waals surface area contributed by atoms with Gasteiger partial charge in [0.15, 0.2) is 0 Å². The topological polar surface area (TPSA) is 48.5 Å². The molecule has 1 N–H and O–H groups in total. The van der Waals surface area contributed by atoms with Gasteiger partial charge < -0.3 is 10.2 Å². The monoisotopic (exact) mass is 342 g/mol. The first-order valence-electron chi connectivity index (χ1n) is 9.59. The molecule has 0 radical (unpaired) electrons. The molecule has 25 heavy (non-hydrogen) atoms. The molecule has 1 aromatic heterocycles. The molecule has 0 unspecified atom stereocenters. The van der Waals surface area contributed by atoms with Crippen molar-refractivity contribution in [2.75, 3.05) is 37.6 Å². The molecule has 0 aromatic carbocycles. The van der Waals surface area contributed by atoms with E-state index in [0.29, 0.717) is 0 Å². The summed E-state index contributed by atoms with van der Waals surface area (Å²) in [6, 6.07) is 5.94. The lowest BCUT2D eigenvalue weighted by Crippen LogP contribution is -2.54. The molecule has 1 amide bonds. The van der Waals surface area contributed by atoms with E-state index in [1.807, 2.05) is 31.3 Å². The van der Waals surface area contributed by atoms with E-state index in [1.165, 1.54) is 31.3 Å². The number of anilines is 1. The summed E-state index contributed by atoms with van der Waals surface area (Å²) in [6.07, 6.45) is 10.2. The number of piperazine rings is 1. The highest BCUT2D eigenvalue weighted by Crippen LogP contribution is 2.19. The van der Waals surface area contributed by atoms with E-state index in [4.69, 9.17) is 0 Å². The van der Waals surface area contributed by atoms with E-state index in [0.717, 1.165) is 45.0 Å². The number of amides is 1. The number of carbonyl (C=O) groups is 1. The lowest BCUT2D eigenvalue weighted by molar-refractivity contribution is -0.125. The highest BCUT2D eigenvalue weighted by Gasteiger charge is 2.25. The second-order valence-corrected chi connectivity index (χ2v) is 7.04. The molecule has 0 bridgehead atoms. The SMILES string of the molecule is C[C@H](C(=O)NCCC1=CCCCC1)N1CCN(c2ccccn2)CC1. The molecule has 1 saturated heterocycles. The number of hydrogen-bond acceptors (Lipinski definition) is 4. The normalized spacial score (nSPS) is 20.0. The molecule has 0 saturated carbocycles. The second-order valence-electron chi connectivity index (χ2n) is 7.04. The van der Waals surface area contributed by atoms with Crippen LogP contribution in [0, 0.1) is 0 Å². The summed E-state index contributed by atoms with van der Waals surface area (Å²) in [4.78, 5) is 21.4. The zero-order valence-electron chi connectivity index (χ0n) is 15.3. The predicted molar refractivity (Wildman–Crippen MR) is 102 cm³/mol. The second kappa shape index (κ2) is 8.99. The molecule has 5 heteroatoms. The molecular weight excluding hydrogens is 312 g/mol. The first-order valence-corrected chi connectivity index (χ1v) is 9.59. The Morgan fingerprint density at radius 2 is 2.08 bits per heavy atom. The van der Waals surface area contributed by atoms with Crippen LogP contribution in [0.2, 0.25) is 0 Å². The van der Waals surface area contributed by atoms with Crippen molar-refractivity contribution in [3.8, 4) is 0 Å². The quantitative estimate of drug-likeness (QED) is 0.808. The van der Waals surface area contributed by atoms with Gasteiger partial charge in [0.05, 0.1) is 6.04 Å².